The number of hydrogen-bond acceptors (Lipinski definition) is 7. The van der Waals surface area contributed by atoms with Crippen LogP contribution >= 0.6 is 0 Å². The van der Waals surface area contributed by atoms with Gasteiger partial charge in [0.2, 0.25) is 5.28 Å². The predicted molar refractivity (Wildman–Crippen MR) is 66.1 cm³/mol. The lowest BCUT2D eigenvalue weighted by Gasteiger charge is -2.32. The van der Waals surface area contributed by atoms with Crippen molar-refractivity contribution in [3.05, 3.63) is 5.21 Å². The van der Waals surface area contributed by atoms with Crippen LogP contribution in [0.5, 0.6) is 0 Å². The maximum absolute atomic E-state index is 11.4. The van der Waals surface area contributed by atoms with E-state index in [1.807, 2.05) is 0 Å². The second-order valence-corrected chi connectivity index (χ2v) is 5.51. The van der Waals surface area contributed by atoms with Crippen LogP contribution in [0.3, 0.4) is 0 Å². The Morgan fingerprint density at radius 3 is 2.65 bits per heavy atom. The van der Waals surface area contributed by atoms with Crippen LogP contribution in [0.4, 0.5) is 4.79 Å². The molecule has 0 aromatic rings. The molecule has 0 bridgehead atoms. The number of hydrazine groups is 1. The molecule has 9 heteroatoms. The zero-order valence-electron chi connectivity index (χ0n) is 12.1. The number of carbonyl (C=O) groups excluding carboxylic acids is 1. The van der Waals surface area contributed by atoms with E-state index in [1.54, 1.807) is 20.8 Å². The molecule has 1 unspecified atom stereocenters. The SMILES string of the molecule is CC(O/N=[N+](\[O-])N1CC(CO)C1)OC(=O)OC(C)(C)C. The van der Waals surface area contributed by atoms with Gasteiger partial charge in [-0.15, -0.1) is 5.01 Å². The molecule has 1 heterocycles. The molecule has 1 aliphatic rings. The highest BCUT2D eigenvalue weighted by Gasteiger charge is 2.32. The molecule has 0 aromatic heterocycles. The summed E-state index contributed by atoms with van der Waals surface area (Å²) in [6.07, 6.45) is -1.95. The highest BCUT2D eigenvalue weighted by Crippen LogP contribution is 2.15. The molecular weight excluding hydrogens is 270 g/mol. The average Bonchev–Trinajstić information content (AvgIpc) is 2.22. The zero-order chi connectivity index (χ0) is 15.3. The van der Waals surface area contributed by atoms with Crippen LogP contribution in [0, 0.1) is 11.1 Å². The van der Waals surface area contributed by atoms with Gasteiger partial charge in [-0.2, -0.15) is 0 Å². The number of aliphatic hydroxyl groups excluding tert-OH is 1. The van der Waals surface area contributed by atoms with Crippen molar-refractivity contribution in [2.45, 2.75) is 39.6 Å². The molecule has 1 aliphatic heterocycles. The molecule has 0 radical (unpaired) electrons. The third-order valence-corrected chi connectivity index (χ3v) is 2.36. The van der Waals surface area contributed by atoms with Crippen molar-refractivity contribution in [2.24, 2.45) is 11.2 Å². The molecule has 0 aliphatic carbocycles. The highest BCUT2D eigenvalue weighted by atomic mass is 16.8. The van der Waals surface area contributed by atoms with Crippen LogP contribution < -0.4 is 0 Å². The quantitative estimate of drug-likeness (QED) is 0.265. The van der Waals surface area contributed by atoms with Crippen molar-refractivity contribution in [1.29, 1.82) is 0 Å². The molecule has 1 atom stereocenters. The first-order valence-corrected chi connectivity index (χ1v) is 6.30. The Balaban J connectivity index is 2.28. The van der Waals surface area contributed by atoms with Gasteiger partial charge in [0.25, 0.3) is 6.29 Å². The summed E-state index contributed by atoms with van der Waals surface area (Å²) in [7, 11) is 0. The summed E-state index contributed by atoms with van der Waals surface area (Å²) in [6, 6.07) is 0. The minimum atomic E-state index is -1.05. The van der Waals surface area contributed by atoms with Gasteiger partial charge in [-0.3, -0.25) is 4.84 Å². The average molecular weight is 291 g/mol. The molecule has 0 amide bonds. The Morgan fingerprint density at radius 1 is 1.55 bits per heavy atom. The second-order valence-electron chi connectivity index (χ2n) is 5.51. The van der Waals surface area contributed by atoms with Crippen molar-refractivity contribution < 1.29 is 29.2 Å². The molecular formula is C11H21N3O6. The first-order valence-electron chi connectivity index (χ1n) is 6.30. The van der Waals surface area contributed by atoms with E-state index in [0.29, 0.717) is 13.1 Å². The molecule has 1 fully saturated rings. The minimum Gasteiger partial charge on any atom is -0.569 e. The molecule has 1 rings (SSSR count). The number of rotatable bonds is 5. The Hall–Kier alpha value is -1.77. The van der Waals surface area contributed by atoms with Crippen LogP contribution in [0.25, 0.3) is 0 Å². The van der Waals surface area contributed by atoms with Gasteiger partial charge in [0.05, 0.1) is 18.1 Å². The maximum atomic E-state index is 11.4. The third-order valence-electron chi connectivity index (χ3n) is 2.36. The molecule has 116 valence electrons. The largest absolute Gasteiger partial charge is 0.569 e. The molecule has 1 saturated heterocycles. The Labute approximate surface area is 117 Å². The highest BCUT2D eigenvalue weighted by molar-refractivity contribution is 5.60. The summed E-state index contributed by atoms with van der Waals surface area (Å²) < 4.78 is 9.66. The lowest BCUT2D eigenvalue weighted by molar-refractivity contribution is -0.728. The van der Waals surface area contributed by atoms with Gasteiger partial charge in [-0.05, 0) is 20.8 Å². The maximum Gasteiger partial charge on any atom is 0.511 e. The van der Waals surface area contributed by atoms with Crippen LogP contribution in [-0.2, 0) is 14.3 Å². The number of hydrogen-bond donors (Lipinski definition) is 1. The van der Waals surface area contributed by atoms with E-state index < -0.39 is 18.0 Å². The van der Waals surface area contributed by atoms with Crippen molar-refractivity contribution in [2.75, 3.05) is 19.7 Å². The summed E-state index contributed by atoms with van der Waals surface area (Å²) in [5.74, 6) is 0.0806. The van der Waals surface area contributed by atoms with Crippen LogP contribution in [-0.4, -0.2) is 52.8 Å². The number of ether oxygens (including phenoxy) is 2. The Bertz CT molecular complexity index is 362. The van der Waals surface area contributed by atoms with Crippen LogP contribution in [0.1, 0.15) is 27.7 Å². The van der Waals surface area contributed by atoms with Gasteiger partial charge in [-0.1, -0.05) is 0 Å². The summed E-state index contributed by atoms with van der Waals surface area (Å²) in [5.41, 5.74) is -0.671. The van der Waals surface area contributed by atoms with Gasteiger partial charge in [0, 0.05) is 19.4 Å². The minimum absolute atomic E-state index is 0.0311. The summed E-state index contributed by atoms with van der Waals surface area (Å²) in [5, 5.41) is 24.8. The molecule has 0 saturated carbocycles. The van der Waals surface area contributed by atoms with Crippen molar-refractivity contribution >= 4 is 6.16 Å². The molecule has 9 nitrogen and oxygen atoms in total. The monoisotopic (exact) mass is 291 g/mol. The number of aliphatic hydroxyl groups is 1. The van der Waals surface area contributed by atoms with Gasteiger partial charge in [0.15, 0.2) is 0 Å². The normalized spacial score (nSPS) is 18.2. The van der Waals surface area contributed by atoms with Gasteiger partial charge in [-0.25, -0.2) is 4.79 Å². The zero-order valence-corrected chi connectivity index (χ0v) is 12.1. The molecule has 0 aromatic carbocycles. The van der Waals surface area contributed by atoms with E-state index in [9.17, 15) is 10.0 Å². The number of nitrogens with zero attached hydrogens (tertiary/aromatic N) is 3. The fourth-order valence-electron chi connectivity index (χ4n) is 1.39. The summed E-state index contributed by atoms with van der Waals surface area (Å²) in [6.45, 7) is 7.36. The van der Waals surface area contributed by atoms with Crippen molar-refractivity contribution in [1.82, 2.24) is 5.01 Å². The predicted octanol–water partition coefficient (Wildman–Crippen LogP) is 1.02. The van der Waals surface area contributed by atoms with E-state index in [-0.39, 0.29) is 17.5 Å². The third kappa shape index (κ3) is 5.47. The van der Waals surface area contributed by atoms with Gasteiger partial charge >= 0.3 is 6.16 Å². The Morgan fingerprint density at radius 2 is 2.15 bits per heavy atom. The standard InChI is InChI=1S/C11H21N3O6/c1-8(18-10(16)19-11(2,3)4)20-12-14(17)13-5-9(6-13)7-15/h8-9,15H,5-7H2,1-4H3/b14-12-. The van der Waals surface area contributed by atoms with E-state index in [0.717, 1.165) is 0 Å². The second kappa shape index (κ2) is 6.60. The Kier molecular flexibility index (Phi) is 5.37. The first-order chi connectivity index (χ1) is 9.21. The summed E-state index contributed by atoms with van der Waals surface area (Å²) >= 11 is 0. The lowest BCUT2D eigenvalue weighted by Crippen LogP contribution is -2.51. The fraction of sp³-hybridized carbons (Fsp3) is 0.909. The lowest BCUT2D eigenvalue weighted by atomic mass is 10.0. The summed E-state index contributed by atoms with van der Waals surface area (Å²) in [4.78, 5) is 16.3. The van der Waals surface area contributed by atoms with E-state index >= 15 is 0 Å². The van der Waals surface area contributed by atoms with Crippen molar-refractivity contribution in [3.63, 3.8) is 0 Å². The molecule has 0 spiro atoms. The van der Waals surface area contributed by atoms with Gasteiger partial charge < -0.3 is 19.8 Å². The van der Waals surface area contributed by atoms with E-state index in [1.165, 1.54) is 11.9 Å². The van der Waals surface area contributed by atoms with Crippen LogP contribution in [0.2, 0.25) is 0 Å². The molecule has 20 heavy (non-hydrogen) atoms. The smallest absolute Gasteiger partial charge is 0.511 e. The van der Waals surface area contributed by atoms with Gasteiger partial charge in [0.1, 0.15) is 5.60 Å². The van der Waals surface area contributed by atoms with E-state index in [4.69, 9.17) is 19.4 Å². The first kappa shape index (κ1) is 16.3. The van der Waals surface area contributed by atoms with E-state index in [2.05, 4.69) is 5.28 Å². The fourth-order valence-corrected chi connectivity index (χ4v) is 1.39. The van der Waals surface area contributed by atoms with Crippen LogP contribution in [0.15, 0.2) is 5.28 Å². The topological polar surface area (TPSA) is 107 Å². The molecule has 1 N–H and O–H groups in total. The number of carbonyl (C=O) groups is 1. The van der Waals surface area contributed by atoms with Crippen molar-refractivity contribution in [3.8, 4) is 0 Å².